The summed E-state index contributed by atoms with van der Waals surface area (Å²) < 4.78 is 0. The third-order valence-corrected chi connectivity index (χ3v) is 4.66. The normalized spacial score (nSPS) is 17.4. The smallest absolute Gasteiger partial charge is 0.317 e. The average Bonchev–Trinajstić information content (AvgIpc) is 3.08. The Balaban J connectivity index is 1.40. The Bertz CT molecular complexity index is 662. The molecule has 5 nitrogen and oxygen atoms in total. The number of pyridine rings is 1. The zero-order valence-corrected chi connectivity index (χ0v) is 14.8. The molecule has 0 radical (unpaired) electrons. The monoisotopic (exact) mass is 338 g/mol. The molecular formula is C20H26N4O. The minimum absolute atomic E-state index is 0.0228. The number of urea groups is 1. The van der Waals surface area contributed by atoms with E-state index in [1.165, 1.54) is 5.56 Å². The van der Waals surface area contributed by atoms with Crippen molar-refractivity contribution >= 4 is 6.03 Å². The van der Waals surface area contributed by atoms with Gasteiger partial charge >= 0.3 is 6.03 Å². The molecular weight excluding hydrogens is 312 g/mol. The zero-order valence-electron chi connectivity index (χ0n) is 14.8. The molecule has 1 atom stereocenters. The van der Waals surface area contributed by atoms with E-state index in [2.05, 4.69) is 45.5 Å². The lowest BCUT2D eigenvalue weighted by Gasteiger charge is -2.22. The summed E-state index contributed by atoms with van der Waals surface area (Å²) in [6, 6.07) is 14.4. The molecule has 2 aromatic rings. The summed E-state index contributed by atoms with van der Waals surface area (Å²) in [5.74, 6) is 0.540. The van der Waals surface area contributed by atoms with Crippen LogP contribution >= 0.6 is 0 Å². The van der Waals surface area contributed by atoms with Gasteiger partial charge in [-0.25, -0.2) is 4.79 Å². The van der Waals surface area contributed by atoms with E-state index in [1.54, 1.807) is 17.3 Å². The highest BCUT2D eigenvalue weighted by molar-refractivity contribution is 5.73. The number of amides is 2. The molecule has 1 aromatic carbocycles. The van der Waals surface area contributed by atoms with Crippen molar-refractivity contribution in [2.45, 2.75) is 19.5 Å². The summed E-state index contributed by atoms with van der Waals surface area (Å²) in [4.78, 5) is 20.6. The summed E-state index contributed by atoms with van der Waals surface area (Å²) in [7, 11) is 1.87. The number of nitrogens with one attached hydrogen (secondary N) is 1. The van der Waals surface area contributed by atoms with Crippen LogP contribution in [-0.2, 0) is 13.1 Å². The molecule has 1 aromatic heterocycles. The second kappa shape index (κ2) is 8.62. The Hall–Kier alpha value is -2.40. The molecule has 1 unspecified atom stereocenters. The standard InChI is InChI=1S/C20H26N4O/c1-23(20(25)22-13-18-8-5-10-21-12-18)14-19-9-11-24(16-19)15-17-6-3-2-4-7-17/h2-8,10,12,19H,9,11,13-16H2,1H3,(H,22,25). The Morgan fingerprint density at radius 3 is 2.80 bits per heavy atom. The first-order chi connectivity index (χ1) is 12.2. The van der Waals surface area contributed by atoms with Gasteiger partial charge in [0.1, 0.15) is 0 Å². The van der Waals surface area contributed by atoms with Crippen LogP contribution in [0.2, 0.25) is 0 Å². The number of aromatic nitrogens is 1. The van der Waals surface area contributed by atoms with Crippen LogP contribution in [-0.4, -0.2) is 47.5 Å². The predicted molar refractivity (Wildman–Crippen MR) is 98.9 cm³/mol. The maximum Gasteiger partial charge on any atom is 0.317 e. The van der Waals surface area contributed by atoms with Crippen LogP contribution < -0.4 is 5.32 Å². The molecule has 1 saturated heterocycles. The molecule has 2 amide bonds. The summed E-state index contributed by atoms with van der Waals surface area (Å²) in [5, 5.41) is 2.96. The SMILES string of the molecule is CN(CC1CCN(Cc2ccccc2)C1)C(=O)NCc1cccnc1. The third-order valence-electron chi connectivity index (χ3n) is 4.66. The predicted octanol–water partition coefficient (Wildman–Crippen LogP) is 2.75. The van der Waals surface area contributed by atoms with Crippen molar-refractivity contribution < 1.29 is 4.79 Å². The number of carbonyl (C=O) groups excluding carboxylic acids is 1. The van der Waals surface area contributed by atoms with Gasteiger partial charge in [0.15, 0.2) is 0 Å². The van der Waals surface area contributed by atoms with Gasteiger partial charge in [-0.2, -0.15) is 0 Å². The molecule has 2 heterocycles. The first-order valence-corrected chi connectivity index (χ1v) is 8.85. The van der Waals surface area contributed by atoms with Gasteiger partial charge < -0.3 is 10.2 Å². The summed E-state index contributed by atoms with van der Waals surface area (Å²) in [6.07, 6.45) is 4.66. The maximum atomic E-state index is 12.3. The van der Waals surface area contributed by atoms with Crippen molar-refractivity contribution in [3.8, 4) is 0 Å². The molecule has 1 aliphatic heterocycles. The second-order valence-electron chi connectivity index (χ2n) is 6.78. The van der Waals surface area contributed by atoms with E-state index >= 15 is 0 Å². The third kappa shape index (κ3) is 5.29. The molecule has 0 saturated carbocycles. The highest BCUT2D eigenvalue weighted by atomic mass is 16.2. The van der Waals surface area contributed by atoms with E-state index in [9.17, 15) is 4.79 Å². The highest BCUT2D eigenvalue weighted by Crippen LogP contribution is 2.19. The topological polar surface area (TPSA) is 48.5 Å². The van der Waals surface area contributed by atoms with Crippen molar-refractivity contribution in [3.63, 3.8) is 0 Å². The quantitative estimate of drug-likeness (QED) is 0.881. The van der Waals surface area contributed by atoms with Gasteiger partial charge in [-0.3, -0.25) is 9.88 Å². The lowest BCUT2D eigenvalue weighted by atomic mass is 10.1. The Kier molecular flexibility index (Phi) is 6.01. The van der Waals surface area contributed by atoms with Crippen molar-refractivity contribution in [1.29, 1.82) is 0 Å². The molecule has 0 aliphatic carbocycles. The number of hydrogen-bond acceptors (Lipinski definition) is 3. The molecule has 0 bridgehead atoms. The van der Waals surface area contributed by atoms with E-state index in [-0.39, 0.29) is 6.03 Å². The van der Waals surface area contributed by atoms with Crippen LogP contribution in [0.4, 0.5) is 4.79 Å². The first kappa shape index (κ1) is 17.4. The van der Waals surface area contributed by atoms with Crippen molar-refractivity contribution in [2.24, 2.45) is 5.92 Å². The molecule has 1 N–H and O–H groups in total. The van der Waals surface area contributed by atoms with Crippen LogP contribution in [0.5, 0.6) is 0 Å². The van der Waals surface area contributed by atoms with Crippen LogP contribution in [0.25, 0.3) is 0 Å². The number of hydrogen-bond donors (Lipinski definition) is 1. The lowest BCUT2D eigenvalue weighted by Crippen LogP contribution is -2.40. The number of carbonyl (C=O) groups is 1. The summed E-state index contributed by atoms with van der Waals surface area (Å²) in [5.41, 5.74) is 2.37. The van der Waals surface area contributed by atoms with Gasteiger partial charge in [0, 0.05) is 45.6 Å². The first-order valence-electron chi connectivity index (χ1n) is 8.85. The molecule has 0 spiro atoms. The zero-order chi connectivity index (χ0) is 17.5. The van der Waals surface area contributed by atoms with Crippen LogP contribution in [0.3, 0.4) is 0 Å². The number of nitrogens with zero attached hydrogens (tertiary/aromatic N) is 3. The van der Waals surface area contributed by atoms with E-state index in [1.807, 2.05) is 19.2 Å². The van der Waals surface area contributed by atoms with Crippen LogP contribution in [0.1, 0.15) is 17.5 Å². The minimum Gasteiger partial charge on any atom is -0.334 e. The average molecular weight is 338 g/mol. The molecule has 1 aliphatic rings. The van der Waals surface area contributed by atoms with E-state index in [4.69, 9.17) is 0 Å². The molecule has 132 valence electrons. The fourth-order valence-corrected chi connectivity index (χ4v) is 3.33. The number of likely N-dealkylation sites (tertiary alicyclic amines) is 1. The van der Waals surface area contributed by atoms with Gasteiger partial charge in [-0.05, 0) is 36.1 Å². The molecule has 25 heavy (non-hydrogen) atoms. The lowest BCUT2D eigenvalue weighted by molar-refractivity contribution is 0.199. The van der Waals surface area contributed by atoms with Crippen LogP contribution in [0, 0.1) is 5.92 Å². The highest BCUT2D eigenvalue weighted by Gasteiger charge is 2.24. The van der Waals surface area contributed by atoms with Gasteiger partial charge in [0.05, 0.1) is 0 Å². The minimum atomic E-state index is -0.0228. The largest absolute Gasteiger partial charge is 0.334 e. The Morgan fingerprint density at radius 1 is 1.24 bits per heavy atom. The summed E-state index contributed by atoms with van der Waals surface area (Å²) >= 11 is 0. The summed E-state index contributed by atoms with van der Waals surface area (Å²) in [6.45, 7) is 4.46. The fourth-order valence-electron chi connectivity index (χ4n) is 3.33. The van der Waals surface area contributed by atoms with Gasteiger partial charge in [-0.1, -0.05) is 36.4 Å². The molecule has 1 fully saturated rings. The van der Waals surface area contributed by atoms with Gasteiger partial charge in [0.2, 0.25) is 0 Å². The second-order valence-corrected chi connectivity index (χ2v) is 6.78. The Labute approximate surface area is 149 Å². The number of rotatable bonds is 6. The van der Waals surface area contributed by atoms with E-state index in [0.717, 1.165) is 38.2 Å². The van der Waals surface area contributed by atoms with E-state index < -0.39 is 0 Å². The Morgan fingerprint density at radius 2 is 2.04 bits per heavy atom. The maximum absolute atomic E-state index is 12.3. The van der Waals surface area contributed by atoms with E-state index in [0.29, 0.717) is 12.5 Å². The number of benzene rings is 1. The molecule has 5 heteroatoms. The van der Waals surface area contributed by atoms with Crippen molar-refractivity contribution in [1.82, 2.24) is 20.1 Å². The molecule has 3 rings (SSSR count). The van der Waals surface area contributed by atoms with Crippen molar-refractivity contribution in [3.05, 3.63) is 66.0 Å². The fraction of sp³-hybridized carbons (Fsp3) is 0.400. The van der Waals surface area contributed by atoms with Crippen LogP contribution in [0.15, 0.2) is 54.9 Å². The van der Waals surface area contributed by atoms with Crippen molar-refractivity contribution in [2.75, 3.05) is 26.7 Å². The van der Waals surface area contributed by atoms with Gasteiger partial charge in [0.25, 0.3) is 0 Å². The van der Waals surface area contributed by atoms with Gasteiger partial charge in [-0.15, -0.1) is 0 Å².